The molecular formula is C22H23FN6O. The highest BCUT2D eigenvalue weighted by atomic mass is 19.1. The zero-order valence-electron chi connectivity index (χ0n) is 16.6. The monoisotopic (exact) mass is 406 g/mol. The number of H-pyrrole nitrogens is 1. The number of rotatable bonds is 5. The number of benzene rings is 1. The van der Waals surface area contributed by atoms with Crippen molar-refractivity contribution in [2.45, 2.75) is 12.8 Å². The van der Waals surface area contributed by atoms with Crippen molar-refractivity contribution in [3.63, 3.8) is 0 Å². The Morgan fingerprint density at radius 1 is 1.17 bits per heavy atom. The van der Waals surface area contributed by atoms with E-state index in [0.717, 1.165) is 57.1 Å². The number of nitrogen functional groups attached to an aromatic ring is 1. The lowest BCUT2D eigenvalue weighted by Gasteiger charge is -2.35. The largest absolute Gasteiger partial charge is 0.398 e. The highest BCUT2D eigenvalue weighted by molar-refractivity contribution is 5.92. The van der Waals surface area contributed by atoms with Gasteiger partial charge in [-0.05, 0) is 49.7 Å². The molecular weight excluding hydrogens is 383 g/mol. The Balaban J connectivity index is 1.31. The van der Waals surface area contributed by atoms with E-state index in [9.17, 15) is 9.18 Å². The molecule has 8 heteroatoms. The summed E-state index contributed by atoms with van der Waals surface area (Å²) in [6, 6.07) is 10.1. The summed E-state index contributed by atoms with van der Waals surface area (Å²) >= 11 is 0. The SMILES string of the molecule is N#Cc1ccc(N2CCN(CCCc3cc4c(N)cc(F)cc4c(=O)[nH]3)CC2)nc1. The number of hydrogen-bond acceptors (Lipinski definition) is 6. The number of hydrogen-bond donors (Lipinski definition) is 2. The molecule has 1 aliphatic rings. The fourth-order valence-electron chi connectivity index (χ4n) is 3.88. The lowest BCUT2D eigenvalue weighted by atomic mass is 10.1. The van der Waals surface area contributed by atoms with Gasteiger partial charge in [0.05, 0.1) is 10.9 Å². The van der Waals surface area contributed by atoms with Gasteiger partial charge < -0.3 is 15.6 Å². The van der Waals surface area contributed by atoms with Gasteiger partial charge in [0.15, 0.2) is 0 Å². The van der Waals surface area contributed by atoms with Gasteiger partial charge in [-0.1, -0.05) is 0 Å². The Labute approximate surface area is 173 Å². The summed E-state index contributed by atoms with van der Waals surface area (Å²) in [5.41, 5.74) is 7.24. The van der Waals surface area contributed by atoms with Crippen LogP contribution in [0.3, 0.4) is 0 Å². The number of nitrogens with two attached hydrogens (primary N) is 1. The first-order valence-electron chi connectivity index (χ1n) is 9.98. The molecule has 3 heterocycles. The number of nitrogens with zero attached hydrogens (tertiary/aromatic N) is 4. The van der Waals surface area contributed by atoms with E-state index in [-0.39, 0.29) is 16.6 Å². The molecule has 1 aromatic carbocycles. The number of nitrogens with one attached hydrogen (secondary N) is 1. The number of piperazine rings is 1. The number of aryl methyl sites for hydroxylation is 1. The summed E-state index contributed by atoms with van der Waals surface area (Å²) in [6.07, 6.45) is 3.23. The quantitative estimate of drug-likeness (QED) is 0.630. The summed E-state index contributed by atoms with van der Waals surface area (Å²) < 4.78 is 13.5. The lowest BCUT2D eigenvalue weighted by molar-refractivity contribution is 0.254. The first kappa shape index (κ1) is 19.9. The summed E-state index contributed by atoms with van der Waals surface area (Å²) in [7, 11) is 0. The van der Waals surface area contributed by atoms with Gasteiger partial charge in [0, 0.05) is 49.1 Å². The highest BCUT2D eigenvalue weighted by Gasteiger charge is 2.17. The maximum Gasteiger partial charge on any atom is 0.256 e. The van der Waals surface area contributed by atoms with Crippen LogP contribution in [0.5, 0.6) is 0 Å². The van der Waals surface area contributed by atoms with Crippen molar-refractivity contribution < 1.29 is 4.39 Å². The van der Waals surface area contributed by atoms with E-state index in [4.69, 9.17) is 11.0 Å². The second kappa shape index (κ2) is 8.51. The minimum Gasteiger partial charge on any atom is -0.398 e. The smallest absolute Gasteiger partial charge is 0.256 e. The average Bonchev–Trinajstić information content (AvgIpc) is 2.75. The van der Waals surface area contributed by atoms with Crippen molar-refractivity contribution in [2.24, 2.45) is 0 Å². The molecule has 4 rings (SSSR count). The normalized spacial score (nSPS) is 14.7. The van der Waals surface area contributed by atoms with Crippen molar-refractivity contribution >= 4 is 22.3 Å². The van der Waals surface area contributed by atoms with E-state index in [1.54, 1.807) is 12.3 Å². The molecule has 7 nitrogen and oxygen atoms in total. The molecule has 0 bridgehead atoms. The van der Waals surface area contributed by atoms with Crippen molar-refractivity contribution in [3.05, 3.63) is 64.0 Å². The highest BCUT2D eigenvalue weighted by Crippen LogP contribution is 2.21. The van der Waals surface area contributed by atoms with E-state index in [1.807, 2.05) is 12.1 Å². The third kappa shape index (κ3) is 4.26. The molecule has 1 saturated heterocycles. The van der Waals surface area contributed by atoms with Gasteiger partial charge in [0.25, 0.3) is 5.56 Å². The summed E-state index contributed by atoms with van der Waals surface area (Å²) in [5.74, 6) is 0.394. The van der Waals surface area contributed by atoms with Crippen LogP contribution in [0.1, 0.15) is 17.7 Å². The first-order chi connectivity index (χ1) is 14.5. The number of anilines is 2. The van der Waals surface area contributed by atoms with Gasteiger partial charge in [-0.15, -0.1) is 0 Å². The van der Waals surface area contributed by atoms with Crippen molar-refractivity contribution in [1.29, 1.82) is 5.26 Å². The number of halogens is 1. The molecule has 2 aromatic heterocycles. The topological polar surface area (TPSA) is 102 Å². The van der Waals surface area contributed by atoms with Gasteiger partial charge in [0.1, 0.15) is 17.7 Å². The van der Waals surface area contributed by atoms with Crippen molar-refractivity contribution in [3.8, 4) is 6.07 Å². The molecule has 0 spiro atoms. The molecule has 0 atom stereocenters. The zero-order chi connectivity index (χ0) is 21.1. The molecule has 0 aliphatic carbocycles. The molecule has 0 saturated carbocycles. The Kier molecular flexibility index (Phi) is 5.63. The van der Waals surface area contributed by atoms with E-state index in [2.05, 4.69) is 25.8 Å². The van der Waals surface area contributed by atoms with Gasteiger partial charge >= 0.3 is 0 Å². The fourth-order valence-corrected chi connectivity index (χ4v) is 3.88. The van der Waals surface area contributed by atoms with Crippen molar-refractivity contribution in [2.75, 3.05) is 43.4 Å². The fraction of sp³-hybridized carbons (Fsp3) is 0.318. The lowest BCUT2D eigenvalue weighted by Crippen LogP contribution is -2.47. The number of aromatic nitrogens is 2. The van der Waals surface area contributed by atoms with E-state index in [1.165, 1.54) is 12.1 Å². The van der Waals surface area contributed by atoms with Crippen LogP contribution in [0.4, 0.5) is 15.9 Å². The van der Waals surface area contributed by atoms with Crippen LogP contribution in [0, 0.1) is 17.1 Å². The molecule has 154 valence electrons. The second-order valence-electron chi connectivity index (χ2n) is 7.53. The molecule has 3 aromatic rings. The van der Waals surface area contributed by atoms with Crippen LogP contribution < -0.4 is 16.2 Å². The average molecular weight is 406 g/mol. The molecule has 3 N–H and O–H groups in total. The minimum atomic E-state index is -0.506. The van der Waals surface area contributed by atoms with E-state index in [0.29, 0.717) is 10.9 Å². The standard InChI is InChI=1S/C22H23FN6O/c23-16-10-19-18(20(25)11-16)12-17(27-22(19)30)2-1-5-28-6-8-29(9-7-28)21-4-3-15(13-24)14-26-21/h3-4,10-12,14H,1-2,5-9,25H2,(H,27,30). The Bertz CT molecular complexity index is 1140. The number of aromatic amines is 1. The van der Waals surface area contributed by atoms with Crippen LogP contribution in [0.25, 0.3) is 10.8 Å². The predicted molar refractivity (Wildman–Crippen MR) is 115 cm³/mol. The number of pyridine rings is 2. The maximum absolute atomic E-state index is 13.5. The molecule has 0 amide bonds. The van der Waals surface area contributed by atoms with Crippen LogP contribution in [-0.4, -0.2) is 47.6 Å². The maximum atomic E-state index is 13.5. The van der Waals surface area contributed by atoms with Gasteiger partial charge in [-0.2, -0.15) is 5.26 Å². The third-order valence-corrected chi connectivity index (χ3v) is 5.51. The predicted octanol–water partition coefficient (Wildman–Crippen LogP) is 2.27. The molecule has 1 fully saturated rings. The summed E-state index contributed by atoms with van der Waals surface area (Å²) in [6.45, 7) is 4.56. The van der Waals surface area contributed by atoms with Crippen molar-refractivity contribution in [1.82, 2.24) is 14.9 Å². The van der Waals surface area contributed by atoms with Crippen LogP contribution >= 0.6 is 0 Å². The summed E-state index contributed by atoms with van der Waals surface area (Å²) in [5, 5.41) is 9.76. The molecule has 0 radical (unpaired) electrons. The zero-order valence-corrected chi connectivity index (χ0v) is 16.6. The number of fused-ring (bicyclic) bond motifs is 1. The van der Waals surface area contributed by atoms with E-state index >= 15 is 0 Å². The minimum absolute atomic E-state index is 0.281. The molecule has 0 unspecified atom stereocenters. The van der Waals surface area contributed by atoms with Crippen LogP contribution in [-0.2, 0) is 6.42 Å². The third-order valence-electron chi connectivity index (χ3n) is 5.51. The van der Waals surface area contributed by atoms with Crippen LogP contribution in [0.15, 0.2) is 41.3 Å². The molecule has 30 heavy (non-hydrogen) atoms. The Hall–Kier alpha value is -3.44. The van der Waals surface area contributed by atoms with Gasteiger partial charge in [-0.3, -0.25) is 9.69 Å². The first-order valence-corrected chi connectivity index (χ1v) is 9.98. The van der Waals surface area contributed by atoms with Gasteiger partial charge in [-0.25, -0.2) is 9.37 Å². The number of nitriles is 1. The molecule has 1 aliphatic heterocycles. The van der Waals surface area contributed by atoms with E-state index < -0.39 is 5.82 Å². The Morgan fingerprint density at radius 3 is 2.67 bits per heavy atom. The Morgan fingerprint density at radius 2 is 1.97 bits per heavy atom. The van der Waals surface area contributed by atoms with Gasteiger partial charge in [0.2, 0.25) is 0 Å². The summed E-state index contributed by atoms with van der Waals surface area (Å²) in [4.78, 5) is 24.1. The second-order valence-corrected chi connectivity index (χ2v) is 7.53. The van der Waals surface area contributed by atoms with Crippen LogP contribution in [0.2, 0.25) is 0 Å².